The van der Waals surface area contributed by atoms with Crippen LogP contribution in [0.25, 0.3) is 0 Å². The lowest BCUT2D eigenvalue weighted by Crippen LogP contribution is -2.37. The van der Waals surface area contributed by atoms with Crippen molar-refractivity contribution in [1.29, 1.82) is 0 Å². The first-order valence-electron chi connectivity index (χ1n) is 8.47. The smallest absolute Gasteiger partial charge is 0.326 e. The average Bonchev–Trinajstić information content (AvgIpc) is 2.63. The van der Waals surface area contributed by atoms with Gasteiger partial charge in [0, 0.05) is 5.02 Å². The molecule has 0 fully saturated rings. The van der Waals surface area contributed by atoms with Gasteiger partial charge in [-0.05, 0) is 62.7 Å². The molecule has 0 aliphatic carbocycles. The van der Waals surface area contributed by atoms with Crippen LogP contribution < -0.4 is 9.04 Å². The molecular weight excluding hydrogens is 390 g/mol. The minimum absolute atomic E-state index is 0.0367. The lowest BCUT2D eigenvalue weighted by atomic mass is 10.2. The van der Waals surface area contributed by atoms with Gasteiger partial charge in [0.2, 0.25) is 0 Å². The number of aryl methyl sites for hydroxylation is 1. The van der Waals surface area contributed by atoms with E-state index in [0.29, 0.717) is 28.6 Å². The largest absolute Gasteiger partial charge is 0.494 e. The number of carbonyl (C=O) groups excluding carboxylic acids is 1. The number of benzene rings is 2. The van der Waals surface area contributed by atoms with Gasteiger partial charge in [0.25, 0.3) is 10.0 Å². The summed E-state index contributed by atoms with van der Waals surface area (Å²) in [6.07, 6.45) is 0. The van der Waals surface area contributed by atoms with Crippen molar-refractivity contribution in [3.8, 4) is 5.75 Å². The first kappa shape index (κ1) is 21.1. The van der Waals surface area contributed by atoms with Crippen LogP contribution in [0.4, 0.5) is 5.69 Å². The zero-order valence-corrected chi connectivity index (χ0v) is 17.0. The summed E-state index contributed by atoms with van der Waals surface area (Å²) in [5.74, 6) is -0.0845. The van der Waals surface area contributed by atoms with E-state index < -0.39 is 22.5 Å². The van der Waals surface area contributed by atoms with Crippen LogP contribution in [-0.2, 0) is 19.6 Å². The van der Waals surface area contributed by atoms with Crippen molar-refractivity contribution in [2.24, 2.45) is 0 Å². The fourth-order valence-electron chi connectivity index (χ4n) is 2.48. The lowest BCUT2D eigenvalue weighted by molar-refractivity contribution is -0.141. The monoisotopic (exact) mass is 411 g/mol. The molecule has 0 unspecified atom stereocenters. The molecular formula is C19H22ClNO5S. The summed E-state index contributed by atoms with van der Waals surface area (Å²) in [6.45, 7) is 5.43. The van der Waals surface area contributed by atoms with Gasteiger partial charge in [0.1, 0.15) is 12.3 Å². The van der Waals surface area contributed by atoms with Crippen molar-refractivity contribution in [3.63, 3.8) is 0 Å². The van der Waals surface area contributed by atoms with Gasteiger partial charge in [0.05, 0.1) is 23.8 Å². The van der Waals surface area contributed by atoms with E-state index >= 15 is 0 Å². The summed E-state index contributed by atoms with van der Waals surface area (Å²) >= 11 is 6.06. The summed E-state index contributed by atoms with van der Waals surface area (Å²) in [4.78, 5) is 12.1. The van der Waals surface area contributed by atoms with E-state index in [1.54, 1.807) is 38.1 Å². The van der Waals surface area contributed by atoms with Gasteiger partial charge in [0.15, 0.2) is 0 Å². The summed E-state index contributed by atoms with van der Waals surface area (Å²) in [7, 11) is -4.02. The number of rotatable bonds is 8. The number of hydrogen-bond acceptors (Lipinski definition) is 5. The Labute approximate surface area is 164 Å². The number of carbonyl (C=O) groups is 1. The van der Waals surface area contributed by atoms with Crippen LogP contribution in [0.3, 0.4) is 0 Å². The minimum atomic E-state index is -4.02. The molecule has 0 aromatic heterocycles. The van der Waals surface area contributed by atoms with E-state index in [-0.39, 0.29) is 11.5 Å². The van der Waals surface area contributed by atoms with E-state index in [2.05, 4.69) is 0 Å². The highest BCUT2D eigenvalue weighted by Gasteiger charge is 2.29. The molecule has 6 nitrogen and oxygen atoms in total. The molecule has 0 aliphatic heterocycles. The van der Waals surface area contributed by atoms with Crippen molar-refractivity contribution >= 4 is 33.3 Å². The molecule has 27 heavy (non-hydrogen) atoms. The Kier molecular flexibility index (Phi) is 7.10. The number of ether oxygens (including phenoxy) is 2. The second kappa shape index (κ2) is 9.10. The molecule has 2 aromatic rings. The molecule has 0 N–H and O–H groups in total. The predicted molar refractivity (Wildman–Crippen MR) is 105 cm³/mol. The summed E-state index contributed by atoms with van der Waals surface area (Å²) in [5.41, 5.74) is 0.989. The quantitative estimate of drug-likeness (QED) is 0.617. The van der Waals surface area contributed by atoms with Crippen LogP contribution >= 0.6 is 11.6 Å². The Bertz CT molecular complexity index is 897. The number of sulfonamides is 1. The third-order valence-corrected chi connectivity index (χ3v) is 5.75. The Morgan fingerprint density at radius 1 is 1.07 bits per heavy atom. The summed E-state index contributed by atoms with van der Waals surface area (Å²) in [6, 6.07) is 10.9. The number of anilines is 1. The topological polar surface area (TPSA) is 72.9 Å². The molecule has 2 aromatic carbocycles. The van der Waals surface area contributed by atoms with E-state index in [4.69, 9.17) is 21.1 Å². The number of nitrogens with zero attached hydrogens (tertiary/aromatic N) is 1. The maximum absolute atomic E-state index is 13.2. The Morgan fingerprint density at radius 3 is 2.33 bits per heavy atom. The molecule has 2 rings (SSSR count). The van der Waals surface area contributed by atoms with E-state index in [0.717, 1.165) is 4.31 Å². The maximum Gasteiger partial charge on any atom is 0.326 e. The van der Waals surface area contributed by atoms with E-state index in [9.17, 15) is 13.2 Å². The molecule has 0 saturated heterocycles. The van der Waals surface area contributed by atoms with Crippen LogP contribution in [0.5, 0.6) is 5.75 Å². The molecule has 8 heteroatoms. The van der Waals surface area contributed by atoms with E-state index in [1.807, 2.05) is 6.92 Å². The summed E-state index contributed by atoms with van der Waals surface area (Å²) in [5, 5.41) is 0.367. The van der Waals surface area contributed by atoms with Gasteiger partial charge < -0.3 is 9.47 Å². The highest BCUT2D eigenvalue weighted by atomic mass is 35.5. The van der Waals surface area contributed by atoms with E-state index in [1.165, 1.54) is 18.2 Å². The lowest BCUT2D eigenvalue weighted by Gasteiger charge is -2.25. The standard InChI is InChI=1S/C19H22ClNO5S/c1-4-25-16-8-10-17(11-9-16)27(23,24)21(13-19(22)26-5-2)18-12-15(20)7-6-14(18)3/h6-12H,4-5,13H2,1-3H3. The zero-order valence-electron chi connectivity index (χ0n) is 15.4. The first-order chi connectivity index (χ1) is 12.8. The third kappa shape index (κ3) is 5.14. The van der Waals surface area contributed by atoms with Gasteiger partial charge in [-0.2, -0.15) is 0 Å². The fourth-order valence-corrected chi connectivity index (χ4v) is 4.11. The van der Waals surface area contributed by atoms with Crippen molar-refractivity contribution in [2.75, 3.05) is 24.1 Å². The van der Waals surface area contributed by atoms with Crippen LogP contribution in [0.1, 0.15) is 19.4 Å². The first-order valence-corrected chi connectivity index (χ1v) is 10.3. The van der Waals surface area contributed by atoms with Gasteiger partial charge in [-0.3, -0.25) is 9.10 Å². The third-order valence-electron chi connectivity index (χ3n) is 3.74. The van der Waals surface area contributed by atoms with Crippen LogP contribution in [0.2, 0.25) is 5.02 Å². The molecule has 0 radical (unpaired) electrons. The SMILES string of the molecule is CCOC(=O)CN(c1cc(Cl)ccc1C)S(=O)(=O)c1ccc(OCC)cc1. The second-order valence-electron chi connectivity index (χ2n) is 5.65. The van der Waals surface area contributed by atoms with Crippen LogP contribution in [-0.4, -0.2) is 34.1 Å². The van der Waals surface area contributed by atoms with Gasteiger partial charge >= 0.3 is 5.97 Å². The molecule has 0 atom stereocenters. The highest BCUT2D eigenvalue weighted by molar-refractivity contribution is 7.92. The maximum atomic E-state index is 13.2. The normalized spacial score (nSPS) is 11.1. The molecule has 0 aliphatic rings. The second-order valence-corrected chi connectivity index (χ2v) is 7.95. The van der Waals surface area contributed by atoms with Crippen molar-refractivity contribution in [1.82, 2.24) is 0 Å². The van der Waals surface area contributed by atoms with Crippen LogP contribution in [0, 0.1) is 6.92 Å². The molecule has 0 spiro atoms. The number of esters is 1. The van der Waals surface area contributed by atoms with Crippen molar-refractivity contribution in [3.05, 3.63) is 53.1 Å². The predicted octanol–water partition coefficient (Wildman–Crippen LogP) is 3.81. The molecule has 0 bridgehead atoms. The zero-order chi connectivity index (χ0) is 20.0. The van der Waals surface area contributed by atoms with Gasteiger partial charge in [-0.25, -0.2) is 8.42 Å². The van der Waals surface area contributed by atoms with Gasteiger partial charge in [-0.1, -0.05) is 17.7 Å². The Morgan fingerprint density at radius 2 is 1.74 bits per heavy atom. The Balaban J connectivity index is 2.50. The minimum Gasteiger partial charge on any atom is -0.494 e. The fraction of sp³-hybridized carbons (Fsp3) is 0.316. The molecule has 0 heterocycles. The molecule has 0 saturated carbocycles. The van der Waals surface area contributed by atoms with Crippen molar-refractivity contribution < 1.29 is 22.7 Å². The van der Waals surface area contributed by atoms with Crippen molar-refractivity contribution in [2.45, 2.75) is 25.7 Å². The molecule has 146 valence electrons. The average molecular weight is 412 g/mol. The molecule has 0 amide bonds. The number of halogens is 1. The number of hydrogen-bond donors (Lipinski definition) is 0. The Hall–Kier alpha value is -2.25. The highest BCUT2D eigenvalue weighted by Crippen LogP contribution is 2.30. The van der Waals surface area contributed by atoms with Crippen LogP contribution in [0.15, 0.2) is 47.4 Å². The summed E-state index contributed by atoms with van der Waals surface area (Å²) < 4.78 is 37.8. The van der Waals surface area contributed by atoms with Gasteiger partial charge in [-0.15, -0.1) is 0 Å².